The zero-order valence-corrected chi connectivity index (χ0v) is 10.5. The number of hydrazine groups is 1. The molecule has 3 N–H and O–H groups in total. The van der Waals surface area contributed by atoms with Gasteiger partial charge in [0.2, 0.25) is 6.10 Å². The average Bonchev–Trinajstić information content (AvgIpc) is 2.30. The minimum absolute atomic E-state index is 0.0905. The van der Waals surface area contributed by atoms with E-state index in [2.05, 4.69) is 0 Å². The molecule has 1 aromatic carbocycles. The van der Waals surface area contributed by atoms with Crippen molar-refractivity contribution in [1.29, 1.82) is 0 Å². The minimum atomic E-state index is -0.829. The third kappa shape index (κ3) is 3.89. The zero-order chi connectivity index (χ0) is 12.8. The van der Waals surface area contributed by atoms with Crippen LogP contribution in [-0.4, -0.2) is 25.7 Å². The molecule has 1 atom stereocenters. The van der Waals surface area contributed by atoms with Gasteiger partial charge < -0.3 is 9.47 Å². The number of nitrogens with two attached hydrogens (primary N) is 1. The van der Waals surface area contributed by atoms with Crippen LogP contribution in [0.5, 0.6) is 5.75 Å². The molecule has 17 heavy (non-hydrogen) atoms. The lowest BCUT2D eigenvalue weighted by molar-refractivity contribution is -0.130. The quantitative estimate of drug-likeness (QED) is 0.470. The fraction of sp³-hybridized carbons (Fsp3) is 0.364. The molecule has 94 valence electrons. The summed E-state index contributed by atoms with van der Waals surface area (Å²) in [6.07, 6.45) is -0.829. The van der Waals surface area contributed by atoms with Crippen molar-refractivity contribution >= 4 is 17.5 Å². The van der Waals surface area contributed by atoms with Crippen molar-refractivity contribution in [1.82, 2.24) is 5.43 Å². The van der Waals surface area contributed by atoms with Crippen LogP contribution >= 0.6 is 11.6 Å². The van der Waals surface area contributed by atoms with Gasteiger partial charge >= 0.3 is 0 Å². The summed E-state index contributed by atoms with van der Waals surface area (Å²) in [7, 11) is 1.47. The van der Waals surface area contributed by atoms with Crippen molar-refractivity contribution in [3.8, 4) is 5.75 Å². The highest BCUT2D eigenvalue weighted by Gasteiger charge is 2.20. The van der Waals surface area contributed by atoms with Crippen molar-refractivity contribution < 1.29 is 14.3 Å². The van der Waals surface area contributed by atoms with E-state index in [-0.39, 0.29) is 6.61 Å². The van der Waals surface area contributed by atoms with Crippen molar-refractivity contribution in [3.63, 3.8) is 0 Å². The van der Waals surface area contributed by atoms with Crippen LogP contribution in [-0.2, 0) is 9.53 Å². The number of hydrogen-bond donors (Lipinski definition) is 2. The Bertz CT molecular complexity index is 398. The third-order valence-electron chi connectivity index (χ3n) is 2.11. The predicted octanol–water partition coefficient (Wildman–Crippen LogP) is 1.03. The summed E-state index contributed by atoms with van der Waals surface area (Å²) in [6, 6.07) is 5.29. The van der Waals surface area contributed by atoms with E-state index in [1.165, 1.54) is 7.11 Å². The maximum absolute atomic E-state index is 11.4. The van der Waals surface area contributed by atoms with Gasteiger partial charge in [-0.25, -0.2) is 5.84 Å². The Morgan fingerprint density at radius 1 is 1.59 bits per heavy atom. The Morgan fingerprint density at radius 3 is 2.82 bits per heavy atom. The Kier molecular flexibility index (Phi) is 5.21. The molecule has 0 aliphatic carbocycles. The summed E-state index contributed by atoms with van der Waals surface area (Å²) in [4.78, 5) is 11.4. The number of rotatable bonds is 5. The summed E-state index contributed by atoms with van der Waals surface area (Å²) < 4.78 is 10.3. The monoisotopic (exact) mass is 258 g/mol. The normalized spacial score (nSPS) is 12.0. The number of halogens is 1. The molecule has 0 fully saturated rings. The Balaban J connectivity index is 2.82. The van der Waals surface area contributed by atoms with Crippen LogP contribution < -0.4 is 16.0 Å². The van der Waals surface area contributed by atoms with Crippen LogP contribution in [0.2, 0.25) is 5.02 Å². The lowest BCUT2D eigenvalue weighted by Gasteiger charge is -2.17. The SMILES string of the molecule is COCC(Oc1ccc(C)cc1Cl)C(=O)NN. The molecule has 1 amide bonds. The zero-order valence-electron chi connectivity index (χ0n) is 9.70. The molecule has 0 aromatic heterocycles. The number of carbonyl (C=O) groups is 1. The Labute approximate surface area is 105 Å². The number of amides is 1. The van der Waals surface area contributed by atoms with Gasteiger partial charge in [0, 0.05) is 7.11 Å². The van der Waals surface area contributed by atoms with E-state index in [1.54, 1.807) is 12.1 Å². The molecule has 1 aromatic rings. The first kappa shape index (κ1) is 13.8. The van der Waals surface area contributed by atoms with E-state index >= 15 is 0 Å². The van der Waals surface area contributed by atoms with Gasteiger partial charge in [0.05, 0.1) is 11.6 Å². The van der Waals surface area contributed by atoms with E-state index in [9.17, 15) is 4.79 Å². The van der Waals surface area contributed by atoms with Gasteiger partial charge in [0.15, 0.2) is 0 Å². The molecular formula is C11H15ClN2O3. The summed E-state index contributed by atoms with van der Waals surface area (Å²) >= 11 is 5.99. The van der Waals surface area contributed by atoms with Crippen LogP contribution in [0.15, 0.2) is 18.2 Å². The molecule has 1 rings (SSSR count). The molecule has 0 heterocycles. The standard InChI is InChI=1S/C11H15ClN2O3/c1-7-3-4-9(8(12)5-7)17-10(6-16-2)11(15)14-13/h3-5,10H,6,13H2,1-2H3,(H,14,15). The minimum Gasteiger partial charge on any atom is -0.477 e. The second kappa shape index (κ2) is 6.44. The number of nitrogens with one attached hydrogen (secondary N) is 1. The van der Waals surface area contributed by atoms with Gasteiger partial charge in [-0.3, -0.25) is 10.2 Å². The molecule has 0 radical (unpaired) electrons. The van der Waals surface area contributed by atoms with Crippen LogP contribution in [0.25, 0.3) is 0 Å². The van der Waals surface area contributed by atoms with Gasteiger partial charge in [-0.1, -0.05) is 17.7 Å². The van der Waals surface area contributed by atoms with Crippen molar-refractivity contribution in [2.24, 2.45) is 5.84 Å². The number of methoxy groups -OCH3 is 1. The highest BCUT2D eigenvalue weighted by atomic mass is 35.5. The van der Waals surface area contributed by atoms with E-state index in [0.29, 0.717) is 10.8 Å². The molecule has 0 aliphatic heterocycles. The van der Waals surface area contributed by atoms with Gasteiger partial charge in [-0.2, -0.15) is 0 Å². The van der Waals surface area contributed by atoms with E-state index in [0.717, 1.165) is 5.56 Å². The van der Waals surface area contributed by atoms with Crippen LogP contribution in [0.4, 0.5) is 0 Å². The van der Waals surface area contributed by atoms with Crippen LogP contribution in [0, 0.1) is 6.92 Å². The van der Waals surface area contributed by atoms with Gasteiger partial charge in [-0.15, -0.1) is 0 Å². The van der Waals surface area contributed by atoms with Crippen LogP contribution in [0.3, 0.4) is 0 Å². The maximum Gasteiger partial charge on any atom is 0.277 e. The van der Waals surface area contributed by atoms with Crippen molar-refractivity contribution in [2.45, 2.75) is 13.0 Å². The highest BCUT2D eigenvalue weighted by molar-refractivity contribution is 6.32. The molecule has 0 saturated heterocycles. The maximum atomic E-state index is 11.4. The van der Waals surface area contributed by atoms with Crippen molar-refractivity contribution in [2.75, 3.05) is 13.7 Å². The molecule has 0 spiro atoms. The molecule has 0 aliphatic rings. The van der Waals surface area contributed by atoms with E-state index in [1.807, 2.05) is 18.4 Å². The fourth-order valence-corrected chi connectivity index (χ4v) is 1.54. The molecule has 1 unspecified atom stereocenters. The molecule has 0 bridgehead atoms. The smallest absolute Gasteiger partial charge is 0.277 e. The fourth-order valence-electron chi connectivity index (χ4n) is 1.26. The molecule has 0 saturated carbocycles. The second-order valence-corrected chi connectivity index (χ2v) is 3.91. The molecular weight excluding hydrogens is 244 g/mol. The Morgan fingerprint density at radius 2 is 2.29 bits per heavy atom. The number of hydrogen-bond acceptors (Lipinski definition) is 4. The Hall–Kier alpha value is -1.30. The lowest BCUT2D eigenvalue weighted by atomic mass is 10.2. The average molecular weight is 259 g/mol. The number of benzene rings is 1. The summed E-state index contributed by atoms with van der Waals surface area (Å²) in [5.74, 6) is 5.00. The predicted molar refractivity (Wildman–Crippen MR) is 64.8 cm³/mol. The first-order valence-electron chi connectivity index (χ1n) is 5.00. The molecule has 6 heteroatoms. The number of ether oxygens (including phenoxy) is 2. The second-order valence-electron chi connectivity index (χ2n) is 3.50. The van der Waals surface area contributed by atoms with Crippen LogP contribution in [0.1, 0.15) is 5.56 Å². The first-order chi connectivity index (χ1) is 8.08. The first-order valence-corrected chi connectivity index (χ1v) is 5.38. The third-order valence-corrected chi connectivity index (χ3v) is 2.40. The largest absolute Gasteiger partial charge is 0.477 e. The highest BCUT2D eigenvalue weighted by Crippen LogP contribution is 2.26. The number of carbonyl (C=O) groups excluding carboxylic acids is 1. The summed E-state index contributed by atoms with van der Waals surface area (Å²) in [6.45, 7) is 2.00. The lowest BCUT2D eigenvalue weighted by Crippen LogP contribution is -2.44. The topological polar surface area (TPSA) is 73.6 Å². The van der Waals surface area contributed by atoms with Gasteiger partial charge in [0.1, 0.15) is 5.75 Å². The summed E-state index contributed by atoms with van der Waals surface area (Å²) in [5.41, 5.74) is 3.02. The van der Waals surface area contributed by atoms with Gasteiger partial charge in [-0.05, 0) is 24.6 Å². The van der Waals surface area contributed by atoms with Crippen molar-refractivity contribution in [3.05, 3.63) is 28.8 Å². The van der Waals surface area contributed by atoms with Gasteiger partial charge in [0.25, 0.3) is 5.91 Å². The molecule has 5 nitrogen and oxygen atoms in total. The number of aryl methyl sites for hydroxylation is 1. The summed E-state index contributed by atoms with van der Waals surface area (Å²) in [5, 5.41) is 0.441. The van der Waals surface area contributed by atoms with E-state index in [4.69, 9.17) is 26.9 Å². The van der Waals surface area contributed by atoms with E-state index < -0.39 is 12.0 Å².